The number of hydrogen-bond acceptors (Lipinski definition) is 2. The van der Waals surface area contributed by atoms with Crippen molar-refractivity contribution in [3.63, 3.8) is 0 Å². The number of carbonyl (C=O) groups is 1. The second-order valence-electron chi connectivity index (χ2n) is 7.66. The van der Waals surface area contributed by atoms with E-state index in [-0.39, 0.29) is 25.0 Å². The molecule has 0 saturated carbocycles. The molecule has 160 valence electrons. The van der Waals surface area contributed by atoms with Gasteiger partial charge >= 0.3 is 6.18 Å². The Morgan fingerprint density at radius 2 is 1.80 bits per heavy atom. The molecule has 0 unspecified atom stereocenters. The highest BCUT2D eigenvalue weighted by Crippen LogP contribution is 2.29. The Hall–Kier alpha value is -2.80. The Labute approximate surface area is 174 Å². The zero-order valence-electron chi connectivity index (χ0n) is 17.1. The topological polar surface area (TPSA) is 48.1 Å². The van der Waals surface area contributed by atoms with Crippen LogP contribution in [0.3, 0.4) is 0 Å². The lowest BCUT2D eigenvalue weighted by Crippen LogP contribution is -2.40. The van der Waals surface area contributed by atoms with E-state index in [9.17, 15) is 18.0 Å². The van der Waals surface area contributed by atoms with E-state index in [0.29, 0.717) is 18.5 Å². The van der Waals surface area contributed by atoms with Crippen LogP contribution in [0.15, 0.2) is 54.7 Å². The standard InChI is InChI=1S/C23H26F3N3O/c1-16(2)27-14-22(30)29(15-17-7-9-19(10-8-17)23(24,25)26)12-11-18-13-28-21-6-4-3-5-20(18)21/h3-10,13,16,27-28H,11-12,14-15H2,1-2H3. The summed E-state index contributed by atoms with van der Waals surface area (Å²) in [7, 11) is 0. The first-order chi connectivity index (χ1) is 14.2. The summed E-state index contributed by atoms with van der Waals surface area (Å²) in [6.45, 7) is 4.84. The molecule has 0 spiro atoms. The molecule has 2 aromatic carbocycles. The number of carbonyl (C=O) groups excluding carboxylic acids is 1. The molecule has 1 heterocycles. The fraction of sp³-hybridized carbons (Fsp3) is 0.348. The van der Waals surface area contributed by atoms with Crippen LogP contribution in [0.25, 0.3) is 10.9 Å². The van der Waals surface area contributed by atoms with Crippen molar-refractivity contribution in [1.82, 2.24) is 15.2 Å². The van der Waals surface area contributed by atoms with Gasteiger partial charge in [0.05, 0.1) is 12.1 Å². The van der Waals surface area contributed by atoms with Crippen molar-refractivity contribution >= 4 is 16.8 Å². The molecule has 0 aliphatic carbocycles. The summed E-state index contributed by atoms with van der Waals surface area (Å²) in [4.78, 5) is 17.7. The van der Waals surface area contributed by atoms with E-state index in [2.05, 4.69) is 10.3 Å². The number of nitrogens with zero attached hydrogens (tertiary/aromatic N) is 1. The third-order valence-electron chi connectivity index (χ3n) is 4.99. The molecular weight excluding hydrogens is 391 g/mol. The number of benzene rings is 2. The molecule has 0 aliphatic heterocycles. The molecule has 4 nitrogen and oxygen atoms in total. The molecule has 3 rings (SSSR count). The van der Waals surface area contributed by atoms with Gasteiger partial charge in [-0.05, 0) is 35.7 Å². The third-order valence-corrected chi connectivity index (χ3v) is 4.99. The van der Waals surface area contributed by atoms with E-state index in [0.717, 1.165) is 28.6 Å². The van der Waals surface area contributed by atoms with Crippen molar-refractivity contribution in [3.05, 3.63) is 71.4 Å². The van der Waals surface area contributed by atoms with E-state index in [4.69, 9.17) is 0 Å². The molecular formula is C23H26F3N3O. The average Bonchev–Trinajstić information content (AvgIpc) is 3.12. The van der Waals surface area contributed by atoms with Crippen LogP contribution in [0.4, 0.5) is 13.2 Å². The van der Waals surface area contributed by atoms with Crippen molar-refractivity contribution < 1.29 is 18.0 Å². The Morgan fingerprint density at radius 1 is 1.10 bits per heavy atom. The minimum Gasteiger partial charge on any atom is -0.361 e. The molecule has 0 saturated heterocycles. The molecule has 0 aliphatic rings. The summed E-state index contributed by atoms with van der Waals surface area (Å²) in [5.41, 5.74) is 2.12. The van der Waals surface area contributed by atoms with Gasteiger partial charge in [-0.15, -0.1) is 0 Å². The van der Waals surface area contributed by atoms with Crippen LogP contribution in [0, 0.1) is 0 Å². The predicted octanol–water partition coefficient (Wildman–Crippen LogP) is 4.76. The molecule has 1 aromatic heterocycles. The lowest BCUT2D eigenvalue weighted by Gasteiger charge is -2.24. The zero-order chi connectivity index (χ0) is 21.7. The van der Waals surface area contributed by atoms with Gasteiger partial charge in [-0.2, -0.15) is 13.2 Å². The van der Waals surface area contributed by atoms with Crippen LogP contribution in [-0.4, -0.2) is 34.9 Å². The highest BCUT2D eigenvalue weighted by molar-refractivity contribution is 5.83. The van der Waals surface area contributed by atoms with Crippen molar-refractivity contribution in [2.45, 2.75) is 39.0 Å². The number of hydrogen-bond donors (Lipinski definition) is 2. The number of aromatic amines is 1. The minimum atomic E-state index is -4.37. The van der Waals surface area contributed by atoms with E-state index in [1.807, 2.05) is 44.3 Å². The molecule has 0 bridgehead atoms. The van der Waals surface area contributed by atoms with Crippen LogP contribution in [-0.2, 0) is 23.9 Å². The molecule has 3 aromatic rings. The van der Waals surface area contributed by atoms with Crippen molar-refractivity contribution in [2.24, 2.45) is 0 Å². The quantitative estimate of drug-likeness (QED) is 0.555. The fourth-order valence-corrected chi connectivity index (χ4v) is 3.31. The Morgan fingerprint density at radius 3 is 2.47 bits per heavy atom. The maximum absolute atomic E-state index is 12.8. The van der Waals surface area contributed by atoms with E-state index in [1.165, 1.54) is 12.1 Å². The van der Waals surface area contributed by atoms with E-state index in [1.54, 1.807) is 4.90 Å². The van der Waals surface area contributed by atoms with Gasteiger partial charge in [0.25, 0.3) is 0 Å². The number of rotatable bonds is 8. The normalized spacial score (nSPS) is 11.9. The monoisotopic (exact) mass is 417 g/mol. The van der Waals surface area contributed by atoms with Crippen LogP contribution in [0.1, 0.15) is 30.5 Å². The number of fused-ring (bicyclic) bond motifs is 1. The zero-order valence-corrected chi connectivity index (χ0v) is 17.1. The largest absolute Gasteiger partial charge is 0.416 e. The summed E-state index contributed by atoms with van der Waals surface area (Å²) in [6.07, 6.45) is -1.78. The second-order valence-corrected chi connectivity index (χ2v) is 7.66. The smallest absolute Gasteiger partial charge is 0.361 e. The number of alkyl halides is 3. The average molecular weight is 417 g/mol. The first-order valence-corrected chi connectivity index (χ1v) is 9.96. The van der Waals surface area contributed by atoms with Gasteiger partial charge in [0.1, 0.15) is 0 Å². The van der Waals surface area contributed by atoms with Gasteiger partial charge in [0, 0.05) is 36.2 Å². The number of amides is 1. The maximum atomic E-state index is 12.8. The van der Waals surface area contributed by atoms with E-state index < -0.39 is 11.7 Å². The van der Waals surface area contributed by atoms with Gasteiger partial charge < -0.3 is 15.2 Å². The van der Waals surface area contributed by atoms with Crippen LogP contribution in [0.2, 0.25) is 0 Å². The number of aromatic nitrogens is 1. The highest BCUT2D eigenvalue weighted by Gasteiger charge is 2.30. The van der Waals surface area contributed by atoms with Gasteiger partial charge in [0.15, 0.2) is 0 Å². The first kappa shape index (κ1) is 21.9. The molecule has 0 radical (unpaired) electrons. The summed E-state index contributed by atoms with van der Waals surface area (Å²) in [5.74, 6) is -0.0801. The predicted molar refractivity (Wildman–Crippen MR) is 112 cm³/mol. The summed E-state index contributed by atoms with van der Waals surface area (Å²) in [5, 5.41) is 4.23. The lowest BCUT2D eigenvalue weighted by molar-refractivity contribution is -0.137. The van der Waals surface area contributed by atoms with Gasteiger partial charge in [-0.25, -0.2) is 0 Å². The molecule has 0 atom stereocenters. The van der Waals surface area contributed by atoms with E-state index >= 15 is 0 Å². The number of H-pyrrole nitrogens is 1. The summed E-state index contributed by atoms with van der Waals surface area (Å²) >= 11 is 0. The van der Waals surface area contributed by atoms with Gasteiger partial charge in [-0.1, -0.05) is 44.2 Å². The van der Waals surface area contributed by atoms with Crippen LogP contribution >= 0.6 is 0 Å². The molecule has 0 fully saturated rings. The summed E-state index contributed by atoms with van der Waals surface area (Å²) in [6, 6.07) is 13.1. The third kappa shape index (κ3) is 5.63. The number of para-hydroxylation sites is 1. The Bertz CT molecular complexity index is 977. The molecule has 7 heteroatoms. The first-order valence-electron chi connectivity index (χ1n) is 9.96. The maximum Gasteiger partial charge on any atom is 0.416 e. The van der Waals surface area contributed by atoms with Crippen molar-refractivity contribution in [1.29, 1.82) is 0 Å². The fourth-order valence-electron chi connectivity index (χ4n) is 3.31. The van der Waals surface area contributed by atoms with Crippen LogP contribution in [0.5, 0.6) is 0 Å². The molecule has 30 heavy (non-hydrogen) atoms. The second kappa shape index (κ2) is 9.34. The number of halogens is 3. The van der Waals surface area contributed by atoms with Gasteiger partial charge in [-0.3, -0.25) is 4.79 Å². The van der Waals surface area contributed by atoms with Gasteiger partial charge in [0.2, 0.25) is 5.91 Å². The van der Waals surface area contributed by atoms with Crippen LogP contribution < -0.4 is 5.32 Å². The van der Waals surface area contributed by atoms with Crippen molar-refractivity contribution in [3.8, 4) is 0 Å². The Balaban J connectivity index is 1.73. The van der Waals surface area contributed by atoms with Crippen molar-refractivity contribution in [2.75, 3.05) is 13.1 Å². The summed E-state index contributed by atoms with van der Waals surface area (Å²) < 4.78 is 38.4. The minimum absolute atomic E-state index is 0.0801. The lowest BCUT2D eigenvalue weighted by atomic mass is 10.1. The molecule has 2 N–H and O–H groups in total. The number of nitrogens with one attached hydrogen (secondary N) is 2. The Kier molecular flexibility index (Phi) is 6.82. The SMILES string of the molecule is CC(C)NCC(=O)N(CCc1c[nH]c2ccccc12)Cc1ccc(C(F)(F)F)cc1. The highest BCUT2D eigenvalue weighted by atomic mass is 19.4. The molecule has 1 amide bonds.